The molecule has 0 aromatic heterocycles. The molecule has 6 nitrogen and oxygen atoms in total. The molecule has 2 aromatic rings. The number of hydrogen-bond acceptors (Lipinski definition) is 5. The van der Waals surface area contributed by atoms with Crippen molar-refractivity contribution in [3.8, 4) is 0 Å². The highest BCUT2D eigenvalue weighted by Gasteiger charge is 2.29. The van der Waals surface area contributed by atoms with E-state index >= 15 is 0 Å². The van der Waals surface area contributed by atoms with Crippen molar-refractivity contribution >= 4 is 44.8 Å². The molecule has 0 aliphatic carbocycles. The van der Waals surface area contributed by atoms with Crippen LogP contribution in [0.4, 0.5) is 11.4 Å². The van der Waals surface area contributed by atoms with Crippen LogP contribution in [-0.4, -0.2) is 30.7 Å². The van der Waals surface area contributed by atoms with Crippen LogP contribution < -0.4 is 10.6 Å². The van der Waals surface area contributed by atoms with Gasteiger partial charge in [-0.05, 0) is 50.1 Å². The lowest BCUT2D eigenvalue weighted by Crippen LogP contribution is -2.27. The fourth-order valence-corrected chi connectivity index (χ4v) is 5.43. The molecule has 0 spiro atoms. The summed E-state index contributed by atoms with van der Waals surface area (Å²) < 4.78 is 26.0. The summed E-state index contributed by atoms with van der Waals surface area (Å²) in [4.78, 5) is 25.3. The zero-order valence-corrected chi connectivity index (χ0v) is 18.2. The lowest BCUT2D eigenvalue weighted by molar-refractivity contribution is -0.116. The molecule has 0 saturated carbocycles. The van der Waals surface area contributed by atoms with Crippen LogP contribution in [-0.2, 0) is 25.8 Å². The second-order valence-corrected chi connectivity index (χ2v) is 10.8. The third-order valence-corrected chi connectivity index (χ3v) is 8.20. The van der Waals surface area contributed by atoms with Gasteiger partial charge in [-0.3, -0.25) is 9.59 Å². The highest BCUT2D eigenvalue weighted by Crippen LogP contribution is 2.37. The Morgan fingerprint density at radius 1 is 1.24 bits per heavy atom. The Bertz CT molecular complexity index is 1050. The SMILES string of the molecule is CCc1ccccc1NC(=O)C[C@@H](C)S(=O)(=O)c1ccc2c(c1)NC(=O)[C@@H](C)S2. The van der Waals surface area contributed by atoms with Crippen LogP contribution >= 0.6 is 11.8 Å². The molecule has 0 radical (unpaired) electrons. The van der Waals surface area contributed by atoms with E-state index in [4.69, 9.17) is 0 Å². The Balaban J connectivity index is 1.75. The molecule has 2 N–H and O–H groups in total. The molecule has 0 unspecified atom stereocenters. The molecule has 29 heavy (non-hydrogen) atoms. The Hall–Kier alpha value is -2.32. The van der Waals surface area contributed by atoms with Gasteiger partial charge in [0, 0.05) is 17.0 Å². The smallest absolute Gasteiger partial charge is 0.237 e. The standard InChI is InChI=1S/C21H24N2O4S2/c1-4-15-7-5-6-8-17(15)22-20(24)11-13(2)29(26,27)16-9-10-19-18(12-16)23-21(25)14(3)28-19/h5-10,12-14H,4,11H2,1-3H3,(H,22,24)(H,23,25)/t13-,14-/m1/s1. The van der Waals surface area contributed by atoms with Crippen molar-refractivity contribution in [3.63, 3.8) is 0 Å². The van der Waals surface area contributed by atoms with Gasteiger partial charge in [0.05, 0.1) is 21.1 Å². The van der Waals surface area contributed by atoms with E-state index in [0.717, 1.165) is 16.9 Å². The van der Waals surface area contributed by atoms with E-state index in [-0.39, 0.29) is 28.4 Å². The number of para-hydroxylation sites is 1. The van der Waals surface area contributed by atoms with Crippen molar-refractivity contribution in [1.82, 2.24) is 0 Å². The minimum absolute atomic E-state index is 0.0981. The van der Waals surface area contributed by atoms with Crippen molar-refractivity contribution < 1.29 is 18.0 Å². The molecule has 1 heterocycles. The summed E-state index contributed by atoms with van der Waals surface area (Å²) in [6.45, 7) is 5.31. The predicted octanol–water partition coefficient (Wildman–Crippen LogP) is 3.87. The van der Waals surface area contributed by atoms with Crippen molar-refractivity contribution in [2.45, 2.75) is 53.9 Å². The number of hydrogen-bond donors (Lipinski definition) is 2. The molecule has 2 atom stereocenters. The Kier molecular flexibility index (Phi) is 6.33. The number of carbonyl (C=O) groups is 2. The molecule has 3 rings (SSSR count). The Morgan fingerprint density at radius 3 is 2.69 bits per heavy atom. The monoisotopic (exact) mass is 432 g/mol. The highest BCUT2D eigenvalue weighted by molar-refractivity contribution is 8.01. The fraction of sp³-hybridized carbons (Fsp3) is 0.333. The number of anilines is 2. The van der Waals surface area contributed by atoms with Gasteiger partial charge in [0.15, 0.2) is 9.84 Å². The molecule has 0 bridgehead atoms. The minimum Gasteiger partial charge on any atom is -0.326 e. The van der Waals surface area contributed by atoms with Crippen molar-refractivity contribution in [2.24, 2.45) is 0 Å². The van der Waals surface area contributed by atoms with E-state index in [1.165, 1.54) is 30.8 Å². The van der Waals surface area contributed by atoms with Crippen LogP contribution in [0.15, 0.2) is 52.3 Å². The largest absolute Gasteiger partial charge is 0.326 e. The molecule has 1 aliphatic rings. The first-order chi connectivity index (χ1) is 13.7. The summed E-state index contributed by atoms with van der Waals surface area (Å²) in [7, 11) is -3.73. The van der Waals surface area contributed by atoms with E-state index in [1.807, 2.05) is 25.1 Å². The molecule has 8 heteroatoms. The molecule has 0 fully saturated rings. The number of benzene rings is 2. The molecule has 1 aliphatic heterocycles. The average Bonchev–Trinajstić information content (AvgIpc) is 2.68. The minimum atomic E-state index is -3.73. The van der Waals surface area contributed by atoms with Crippen LogP contribution in [0.5, 0.6) is 0 Å². The number of nitrogens with one attached hydrogen (secondary N) is 2. The third-order valence-electron chi connectivity index (χ3n) is 4.89. The lowest BCUT2D eigenvalue weighted by Gasteiger charge is -2.22. The van der Waals surface area contributed by atoms with Crippen LogP contribution in [0, 0.1) is 0 Å². The van der Waals surface area contributed by atoms with Crippen LogP contribution in [0.2, 0.25) is 0 Å². The second-order valence-electron chi connectivity index (χ2n) is 7.03. The van der Waals surface area contributed by atoms with Crippen molar-refractivity contribution in [3.05, 3.63) is 48.0 Å². The van der Waals surface area contributed by atoms with Gasteiger partial charge in [-0.25, -0.2) is 8.42 Å². The maximum Gasteiger partial charge on any atom is 0.237 e. The van der Waals surface area contributed by atoms with Gasteiger partial charge >= 0.3 is 0 Å². The molecule has 154 valence electrons. The number of rotatable bonds is 6. The quantitative estimate of drug-likeness (QED) is 0.723. The number of aryl methyl sites for hydroxylation is 1. The van der Waals surface area contributed by atoms with Gasteiger partial charge in [0.2, 0.25) is 11.8 Å². The molecule has 2 amide bonds. The Morgan fingerprint density at radius 2 is 1.97 bits per heavy atom. The predicted molar refractivity (Wildman–Crippen MR) is 116 cm³/mol. The van der Waals surface area contributed by atoms with E-state index in [9.17, 15) is 18.0 Å². The van der Waals surface area contributed by atoms with E-state index in [2.05, 4.69) is 10.6 Å². The van der Waals surface area contributed by atoms with Gasteiger partial charge in [-0.15, -0.1) is 11.8 Å². The number of amides is 2. The summed E-state index contributed by atoms with van der Waals surface area (Å²) in [6, 6.07) is 12.2. The van der Waals surface area contributed by atoms with Gasteiger partial charge in [0.1, 0.15) is 0 Å². The zero-order valence-electron chi connectivity index (χ0n) is 16.6. The highest BCUT2D eigenvalue weighted by atomic mass is 32.2. The number of thioether (sulfide) groups is 1. The summed E-state index contributed by atoms with van der Waals surface area (Å²) >= 11 is 1.39. The summed E-state index contributed by atoms with van der Waals surface area (Å²) in [5.74, 6) is -0.503. The molecule has 2 aromatic carbocycles. The number of carbonyl (C=O) groups excluding carboxylic acids is 2. The van der Waals surface area contributed by atoms with Crippen molar-refractivity contribution in [2.75, 3.05) is 10.6 Å². The van der Waals surface area contributed by atoms with E-state index in [1.54, 1.807) is 19.1 Å². The lowest BCUT2D eigenvalue weighted by atomic mass is 10.1. The second kappa shape index (κ2) is 8.59. The summed E-state index contributed by atoms with van der Waals surface area (Å²) in [6.07, 6.45) is 0.609. The molecular weight excluding hydrogens is 408 g/mol. The summed E-state index contributed by atoms with van der Waals surface area (Å²) in [5, 5.41) is 4.43. The van der Waals surface area contributed by atoms with Crippen LogP contribution in [0.1, 0.15) is 32.8 Å². The van der Waals surface area contributed by atoms with Crippen LogP contribution in [0.3, 0.4) is 0 Å². The first kappa shape index (κ1) is 21.4. The van der Waals surface area contributed by atoms with Gasteiger partial charge in [-0.1, -0.05) is 25.1 Å². The van der Waals surface area contributed by atoms with Gasteiger partial charge in [0.25, 0.3) is 0 Å². The number of sulfone groups is 1. The first-order valence-electron chi connectivity index (χ1n) is 9.45. The van der Waals surface area contributed by atoms with Gasteiger partial charge < -0.3 is 10.6 Å². The first-order valence-corrected chi connectivity index (χ1v) is 11.9. The molecule has 0 saturated heterocycles. The Labute approximate surface area is 175 Å². The van der Waals surface area contributed by atoms with Crippen LogP contribution in [0.25, 0.3) is 0 Å². The topological polar surface area (TPSA) is 92.3 Å². The number of fused-ring (bicyclic) bond motifs is 1. The van der Waals surface area contributed by atoms with Gasteiger partial charge in [-0.2, -0.15) is 0 Å². The molecular formula is C21H24N2O4S2. The summed E-state index contributed by atoms with van der Waals surface area (Å²) in [5.41, 5.74) is 2.19. The van der Waals surface area contributed by atoms with E-state index < -0.39 is 15.1 Å². The zero-order chi connectivity index (χ0) is 21.2. The maximum absolute atomic E-state index is 13.0. The fourth-order valence-electron chi connectivity index (χ4n) is 3.12. The van der Waals surface area contributed by atoms with Crippen molar-refractivity contribution in [1.29, 1.82) is 0 Å². The van der Waals surface area contributed by atoms with E-state index in [0.29, 0.717) is 11.4 Å². The maximum atomic E-state index is 13.0. The third kappa shape index (κ3) is 4.64. The average molecular weight is 433 g/mol. The normalized spacial score (nSPS) is 17.2.